The minimum Gasteiger partial charge on any atom is -0.378 e. The third-order valence-corrected chi connectivity index (χ3v) is 3.78. The van der Waals surface area contributed by atoms with Crippen molar-refractivity contribution in [2.24, 2.45) is 7.05 Å². The zero-order valence-corrected chi connectivity index (χ0v) is 13.1. The number of imidazole rings is 1. The topological polar surface area (TPSA) is 92.2 Å². The number of amides is 1. The maximum absolute atomic E-state index is 12.2. The Morgan fingerprint density at radius 3 is 2.70 bits per heavy atom. The normalized spacial score (nSPS) is 14.8. The van der Waals surface area contributed by atoms with Crippen LogP contribution in [0.1, 0.15) is 16.2 Å². The smallest absolute Gasteiger partial charge is 0.325 e. The molecule has 2 aromatic rings. The first-order valence-electron chi connectivity index (χ1n) is 7.42. The number of nitrogens with zero attached hydrogens (tertiary/aromatic N) is 3. The summed E-state index contributed by atoms with van der Waals surface area (Å²) in [5, 5.41) is 2.77. The van der Waals surface area contributed by atoms with Crippen LogP contribution in [0.25, 0.3) is 0 Å². The summed E-state index contributed by atoms with van der Waals surface area (Å²) in [6.45, 7) is 4.85. The number of aromatic amines is 1. The fourth-order valence-corrected chi connectivity index (χ4v) is 2.44. The van der Waals surface area contributed by atoms with Crippen LogP contribution in [-0.2, 0) is 11.8 Å². The van der Waals surface area contributed by atoms with E-state index in [2.05, 4.69) is 20.2 Å². The Kier molecular flexibility index (Phi) is 4.16. The first-order chi connectivity index (χ1) is 11.0. The second-order valence-corrected chi connectivity index (χ2v) is 5.44. The standard InChI is InChI=1S/C15H19N5O3/c1-10-11(17-14(21)12-9-19(2)15(22)18-12)3-4-13(16-10)20-5-7-23-8-6-20/h3-4,9H,5-8H2,1-2H3,(H,17,21)(H,18,22). The van der Waals surface area contributed by atoms with Crippen molar-refractivity contribution in [2.75, 3.05) is 36.5 Å². The van der Waals surface area contributed by atoms with Crippen LogP contribution >= 0.6 is 0 Å². The molecule has 23 heavy (non-hydrogen) atoms. The Bertz CT molecular complexity index is 774. The van der Waals surface area contributed by atoms with Crippen molar-refractivity contribution in [1.29, 1.82) is 0 Å². The molecule has 0 unspecified atom stereocenters. The average Bonchev–Trinajstić information content (AvgIpc) is 2.89. The first kappa shape index (κ1) is 15.3. The number of hydrogen-bond acceptors (Lipinski definition) is 5. The van der Waals surface area contributed by atoms with E-state index in [9.17, 15) is 9.59 Å². The molecule has 2 aromatic heterocycles. The number of rotatable bonds is 3. The number of aromatic nitrogens is 3. The molecular weight excluding hydrogens is 298 g/mol. The molecule has 1 aliphatic rings. The maximum Gasteiger partial charge on any atom is 0.325 e. The SMILES string of the molecule is Cc1nc(N2CCOCC2)ccc1NC(=O)c1cn(C)c(=O)[nH]1. The van der Waals surface area contributed by atoms with Gasteiger partial charge in [-0.3, -0.25) is 4.79 Å². The van der Waals surface area contributed by atoms with Crippen molar-refractivity contribution < 1.29 is 9.53 Å². The molecule has 3 heterocycles. The molecule has 8 nitrogen and oxygen atoms in total. The summed E-state index contributed by atoms with van der Waals surface area (Å²) in [6, 6.07) is 3.70. The van der Waals surface area contributed by atoms with E-state index < -0.39 is 0 Å². The van der Waals surface area contributed by atoms with Crippen molar-refractivity contribution in [1.82, 2.24) is 14.5 Å². The maximum atomic E-state index is 12.2. The molecule has 0 radical (unpaired) electrons. The Balaban J connectivity index is 1.75. The van der Waals surface area contributed by atoms with E-state index in [-0.39, 0.29) is 17.3 Å². The van der Waals surface area contributed by atoms with E-state index in [4.69, 9.17) is 4.74 Å². The van der Waals surface area contributed by atoms with E-state index in [0.29, 0.717) is 18.9 Å². The van der Waals surface area contributed by atoms with Crippen LogP contribution in [0.4, 0.5) is 11.5 Å². The van der Waals surface area contributed by atoms with E-state index in [1.807, 2.05) is 19.1 Å². The number of carbonyl (C=O) groups excluding carboxylic acids is 1. The highest BCUT2D eigenvalue weighted by Crippen LogP contribution is 2.20. The summed E-state index contributed by atoms with van der Waals surface area (Å²) >= 11 is 0. The molecular formula is C15H19N5O3. The van der Waals surface area contributed by atoms with Crippen LogP contribution in [0.5, 0.6) is 0 Å². The molecule has 0 bridgehead atoms. The van der Waals surface area contributed by atoms with Gasteiger partial charge in [-0.1, -0.05) is 0 Å². The highest BCUT2D eigenvalue weighted by molar-refractivity contribution is 6.03. The van der Waals surface area contributed by atoms with Crippen molar-refractivity contribution in [3.05, 3.63) is 40.2 Å². The summed E-state index contributed by atoms with van der Waals surface area (Å²) in [4.78, 5) is 32.7. The molecule has 3 rings (SSSR count). The van der Waals surface area contributed by atoms with Gasteiger partial charge in [0.05, 0.1) is 24.6 Å². The number of ether oxygens (including phenoxy) is 1. The van der Waals surface area contributed by atoms with Crippen LogP contribution in [-0.4, -0.2) is 46.7 Å². The van der Waals surface area contributed by atoms with E-state index in [0.717, 1.165) is 24.6 Å². The highest BCUT2D eigenvalue weighted by Gasteiger charge is 2.15. The Hall–Kier alpha value is -2.61. The van der Waals surface area contributed by atoms with Gasteiger partial charge in [0, 0.05) is 26.3 Å². The van der Waals surface area contributed by atoms with Crippen LogP contribution < -0.4 is 15.9 Å². The van der Waals surface area contributed by atoms with Gasteiger partial charge in [-0.2, -0.15) is 0 Å². The number of anilines is 2. The van der Waals surface area contributed by atoms with Crippen molar-refractivity contribution in [3.8, 4) is 0 Å². The number of pyridine rings is 1. The molecule has 1 fully saturated rings. The van der Waals surface area contributed by atoms with Gasteiger partial charge in [-0.15, -0.1) is 0 Å². The van der Waals surface area contributed by atoms with Gasteiger partial charge >= 0.3 is 5.69 Å². The van der Waals surface area contributed by atoms with E-state index in [1.54, 1.807) is 7.05 Å². The third kappa shape index (κ3) is 3.26. The molecule has 2 N–H and O–H groups in total. The van der Waals surface area contributed by atoms with E-state index >= 15 is 0 Å². The number of aryl methyl sites for hydroxylation is 2. The van der Waals surface area contributed by atoms with Gasteiger partial charge in [0.2, 0.25) is 0 Å². The lowest BCUT2D eigenvalue weighted by atomic mass is 10.2. The predicted octanol–water partition coefficient (Wildman–Crippen LogP) is 0.506. The van der Waals surface area contributed by atoms with Gasteiger partial charge in [-0.05, 0) is 19.1 Å². The molecule has 0 aliphatic carbocycles. The van der Waals surface area contributed by atoms with Gasteiger partial charge < -0.3 is 24.5 Å². The molecule has 1 saturated heterocycles. The summed E-state index contributed by atoms with van der Waals surface area (Å²) in [5.74, 6) is 0.503. The number of nitrogens with one attached hydrogen (secondary N) is 2. The van der Waals surface area contributed by atoms with Gasteiger partial charge in [0.15, 0.2) is 0 Å². The summed E-state index contributed by atoms with van der Waals surface area (Å²) < 4.78 is 6.65. The van der Waals surface area contributed by atoms with Gasteiger partial charge in [0.1, 0.15) is 11.5 Å². The largest absolute Gasteiger partial charge is 0.378 e. The Morgan fingerprint density at radius 2 is 2.09 bits per heavy atom. The van der Waals surface area contributed by atoms with Gasteiger partial charge in [0.25, 0.3) is 5.91 Å². The first-order valence-corrected chi connectivity index (χ1v) is 7.42. The minimum atomic E-state index is -0.369. The van der Waals surface area contributed by atoms with E-state index in [1.165, 1.54) is 10.8 Å². The zero-order chi connectivity index (χ0) is 16.4. The number of morpholine rings is 1. The molecule has 0 spiro atoms. The van der Waals surface area contributed by atoms with Crippen molar-refractivity contribution in [3.63, 3.8) is 0 Å². The Labute approximate surface area is 133 Å². The van der Waals surface area contributed by atoms with Crippen LogP contribution in [0.2, 0.25) is 0 Å². The minimum absolute atomic E-state index is 0.217. The van der Waals surface area contributed by atoms with Gasteiger partial charge in [-0.25, -0.2) is 9.78 Å². The number of H-pyrrole nitrogens is 1. The molecule has 8 heteroatoms. The average molecular weight is 317 g/mol. The lowest BCUT2D eigenvalue weighted by molar-refractivity contribution is 0.102. The quantitative estimate of drug-likeness (QED) is 0.860. The fourth-order valence-electron chi connectivity index (χ4n) is 2.44. The molecule has 122 valence electrons. The van der Waals surface area contributed by atoms with Crippen molar-refractivity contribution in [2.45, 2.75) is 6.92 Å². The third-order valence-electron chi connectivity index (χ3n) is 3.78. The van der Waals surface area contributed by atoms with Crippen molar-refractivity contribution >= 4 is 17.4 Å². The molecule has 1 amide bonds. The summed E-state index contributed by atoms with van der Waals surface area (Å²) in [7, 11) is 1.58. The Morgan fingerprint density at radius 1 is 1.35 bits per heavy atom. The lowest BCUT2D eigenvalue weighted by Gasteiger charge is -2.28. The predicted molar refractivity (Wildman–Crippen MR) is 86.0 cm³/mol. The molecule has 0 aromatic carbocycles. The summed E-state index contributed by atoms with van der Waals surface area (Å²) in [5.41, 5.74) is 1.24. The number of carbonyl (C=O) groups is 1. The lowest BCUT2D eigenvalue weighted by Crippen LogP contribution is -2.36. The number of hydrogen-bond donors (Lipinski definition) is 2. The molecule has 0 atom stereocenters. The van der Waals surface area contributed by atoms with Crippen LogP contribution in [0, 0.1) is 6.92 Å². The van der Waals surface area contributed by atoms with Crippen LogP contribution in [0.3, 0.4) is 0 Å². The second-order valence-electron chi connectivity index (χ2n) is 5.44. The monoisotopic (exact) mass is 317 g/mol. The molecule has 0 saturated carbocycles. The summed E-state index contributed by atoms with van der Waals surface area (Å²) in [6.07, 6.45) is 1.46. The zero-order valence-electron chi connectivity index (χ0n) is 13.1. The molecule has 1 aliphatic heterocycles. The highest BCUT2D eigenvalue weighted by atomic mass is 16.5. The van der Waals surface area contributed by atoms with Crippen LogP contribution in [0.15, 0.2) is 23.1 Å². The second kappa shape index (κ2) is 6.25. The fraction of sp³-hybridized carbons (Fsp3) is 0.400.